The van der Waals surface area contributed by atoms with Crippen molar-refractivity contribution in [1.29, 1.82) is 0 Å². The van der Waals surface area contributed by atoms with Gasteiger partial charge in [0.25, 0.3) is 0 Å². The molecule has 6 heteroatoms. The van der Waals surface area contributed by atoms with Crippen LogP contribution in [-0.2, 0) is 9.47 Å². The summed E-state index contributed by atoms with van der Waals surface area (Å²) in [6.45, 7) is 2.31. The van der Waals surface area contributed by atoms with Crippen LogP contribution in [0.4, 0.5) is 10.5 Å². The van der Waals surface area contributed by atoms with Crippen molar-refractivity contribution in [2.45, 2.75) is 19.8 Å². The number of carbonyl (C=O) groups is 2. The van der Waals surface area contributed by atoms with E-state index in [2.05, 4.69) is 10.1 Å². The van der Waals surface area contributed by atoms with Crippen molar-refractivity contribution in [2.24, 2.45) is 0 Å². The summed E-state index contributed by atoms with van der Waals surface area (Å²) in [7, 11) is 1.25. The Morgan fingerprint density at radius 3 is 2.68 bits per heavy atom. The van der Waals surface area contributed by atoms with Crippen molar-refractivity contribution >= 4 is 17.7 Å². The number of phenolic OH excluding ortho intramolecular Hbond substituents is 1. The van der Waals surface area contributed by atoms with Gasteiger partial charge in [0.05, 0.1) is 25.0 Å². The molecule has 0 fully saturated rings. The molecule has 0 unspecified atom stereocenters. The minimum Gasteiger partial charge on any atom is -0.506 e. The number of ether oxygens (including phenoxy) is 2. The van der Waals surface area contributed by atoms with Crippen LogP contribution in [0.25, 0.3) is 0 Å². The topological polar surface area (TPSA) is 84.9 Å². The van der Waals surface area contributed by atoms with Crippen molar-refractivity contribution in [3.8, 4) is 5.75 Å². The Balaban J connectivity index is 2.64. The maximum atomic E-state index is 11.4. The number of benzene rings is 1. The van der Waals surface area contributed by atoms with E-state index >= 15 is 0 Å². The Hall–Kier alpha value is -2.24. The lowest BCUT2D eigenvalue weighted by atomic mass is 10.2. The molecule has 1 amide bonds. The van der Waals surface area contributed by atoms with Gasteiger partial charge in [0.15, 0.2) is 0 Å². The molecule has 2 N–H and O–H groups in total. The highest BCUT2D eigenvalue weighted by Gasteiger charge is 2.11. The third-order valence-electron chi connectivity index (χ3n) is 2.39. The van der Waals surface area contributed by atoms with E-state index < -0.39 is 12.1 Å². The Kier molecular flexibility index (Phi) is 5.66. The van der Waals surface area contributed by atoms with E-state index in [1.54, 1.807) is 0 Å². The largest absolute Gasteiger partial charge is 0.506 e. The third kappa shape index (κ3) is 4.50. The molecule has 1 aromatic carbocycles. The first kappa shape index (κ1) is 14.8. The normalized spacial score (nSPS) is 9.79. The van der Waals surface area contributed by atoms with Crippen molar-refractivity contribution < 1.29 is 24.2 Å². The van der Waals surface area contributed by atoms with Gasteiger partial charge < -0.3 is 14.6 Å². The molecule has 0 saturated heterocycles. The molecule has 0 spiro atoms. The predicted octanol–water partition coefficient (Wildman–Crippen LogP) is 2.53. The Labute approximate surface area is 111 Å². The van der Waals surface area contributed by atoms with Gasteiger partial charge in [0.1, 0.15) is 5.75 Å². The molecule has 0 heterocycles. The van der Waals surface area contributed by atoms with E-state index in [1.807, 2.05) is 6.92 Å². The summed E-state index contributed by atoms with van der Waals surface area (Å²) in [4.78, 5) is 22.6. The lowest BCUT2D eigenvalue weighted by molar-refractivity contribution is 0.0600. The maximum absolute atomic E-state index is 11.4. The summed E-state index contributed by atoms with van der Waals surface area (Å²) in [5.74, 6) is -0.789. The molecular formula is C13H17NO5. The minimum atomic E-state index is -0.644. The maximum Gasteiger partial charge on any atom is 0.411 e. The minimum absolute atomic E-state index is 0.175. The number of carbonyl (C=O) groups excluding carboxylic acids is 2. The summed E-state index contributed by atoms with van der Waals surface area (Å²) in [5, 5.41) is 12.1. The van der Waals surface area contributed by atoms with Crippen LogP contribution in [0.15, 0.2) is 18.2 Å². The molecule has 0 saturated carbocycles. The zero-order valence-electron chi connectivity index (χ0n) is 10.9. The summed E-state index contributed by atoms with van der Waals surface area (Å²) < 4.78 is 9.40. The number of unbranched alkanes of at least 4 members (excludes halogenated alkanes) is 1. The van der Waals surface area contributed by atoms with E-state index in [1.165, 1.54) is 25.3 Å². The molecule has 0 aliphatic rings. The Morgan fingerprint density at radius 1 is 1.37 bits per heavy atom. The van der Waals surface area contributed by atoms with Gasteiger partial charge >= 0.3 is 12.1 Å². The van der Waals surface area contributed by atoms with Crippen molar-refractivity contribution in [1.82, 2.24) is 0 Å². The fourth-order valence-corrected chi connectivity index (χ4v) is 1.34. The quantitative estimate of drug-likeness (QED) is 0.486. The Bertz CT molecular complexity index is 458. The van der Waals surface area contributed by atoms with Gasteiger partial charge in [0, 0.05) is 0 Å². The third-order valence-corrected chi connectivity index (χ3v) is 2.39. The van der Waals surface area contributed by atoms with Crippen LogP contribution < -0.4 is 5.32 Å². The molecule has 0 radical (unpaired) electrons. The monoisotopic (exact) mass is 267 g/mol. The van der Waals surface area contributed by atoms with E-state index in [4.69, 9.17) is 4.74 Å². The van der Waals surface area contributed by atoms with E-state index in [9.17, 15) is 14.7 Å². The van der Waals surface area contributed by atoms with Gasteiger partial charge in [-0.05, 0) is 24.6 Å². The second kappa shape index (κ2) is 7.25. The number of amides is 1. The first-order valence-corrected chi connectivity index (χ1v) is 5.93. The SMILES string of the molecule is CCCCOC(=O)Nc1ccc(C(=O)OC)cc1O. The van der Waals surface area contributed by atoms with Crippen LogP contribution in [0.3, 0.4) is 0 Å². The van der Waals surface area contributed by atoms with Crippen LogP contribution in [-0.4, -0.2) is 30.9 Å². The van der Waals surface area contributed by atoms with E-state index in [0.29, 0.717) is 6.61 Å². The standard InChI is InChI=1S/C13H17NO5/c1-3-4-7-19-13(17)14-10-6-5-9(8-11(10)15)12(16)18-2/h5-6,8,15H,3-4,7H2,1-2H3,(H,14,17). The lowest BCUT2D eigenvalue weighted by Crippen LogP contribution is -2.14. The summed E-state index contributed by atoms with van der Waals surface area (Å²) >= 11 is 0. The van der Waals surface area contributed by atoms with Crippen molar-refractivity contribution in [3.05, 3.63) is 23.8 Å². The molecular weight excluding hydrogens is 250 g/mol. The van der Waals surface area contributed by atoms with Crippen molar-refractivity contribution in [2.75, 3.05) is 19.0 Å². The smallest absolute Gasteiger partial charge is 0.411 e. The number of methoxy groups -OCH3 is 1. The molecule has 1 rings (SSSR count). The average molecular weight is 267 g/mol. The molecule has 0 aliphatic carbocycles. The highest BCUT2D eigenvalue weighted by Crippen LogP contribution is 2.24. The number of hydrogen-bond acceptors (Lipinski definition) is 5. The first-order valence-electron chi connectivity index (χ1n) is 5.93. The second-order valence-electron chi connectivity index (χ2n) is 3.84. The van der Waals surface area contributed by atoms with Gasteiger partial charge in [-0.3, -0.25) is 5.32 Å². The number of phenols is 1. The summed E-state index contributed by atoms with van der Waals surface area (Å²) in [6.07, 6.45) is 1.06. The van der Waals surface area contributed by atoms with Crippen LogP contribution in [0.2, 0.25) is 0 Å². The fourth-order valence-electron chi connectivity index (χ4n) is 1.34. The number of hydrogen-bond donors (Lipinski definition) is 2. The highest BCUT2D eigenvalue weighted by atomic mass is 16.5. The second-order valence-corrected chi connectivity index (χ2v) is 3.84. The zero-order valence-corrected chi connectivity index (χ0v) is 10.9. The van der Waals surface area contributed by atoms with Gasteiger partial charge in [-0.2, -0.15) is 0 Å². The molecule has 1 aromatic rings. The number of rotatable bonds is 5. The molecule has 0 atom stereocenters. The van der Waals surface area contributed by atoms with E-state index in [0.717, 1.165) is 12.8 Å². The van der Waals surface area contributed by atoms with Crippen LogP contribution >= 0.6 is 0 Å². The molecule has 19 heavy (non-hydrogen) atoms. The van der Waals surface area contributed by atoms with Gasteiger partial charge in [-0.1, -0.05) is 13.3 Å². The molecule has 104 valence electrons. The van der Waals surface area contributed by atoms with Gasteiger partial charge in [-0.15, -0.1) is 0 Å². The van der Waals surface area contributed by atoms with Crippen LogP contribution in [0.5, 0.6) is 5.75 Å². The molecule has 0 aromatic heterocycles. The number of anilines is 1. The van der Waals surface area contributed by atoms with Crippen LogP contribution in [0.1, 0.15) is 30.1 Å². The lowest BCUT2D eigenvalue weighted by Gasteiger charge is -2.09. The fraction of sp³-hybridized carbons (Fsp3) is 0.385. The van der Waals surface area contributed by atoms with Crippen molar-refractivity contribution in [3.63, 3.8) is 0 Å². The summed E-state index contributed by atoms with van der Waals surface area (Å²) in [5.41, 5.74) is 0.374. The summed E-state index contributed by atoms with van der Waals surface area (Å²) in [6, 6.07) is 4.06. The zero-order chi connectivity index (χ0) is 14.3. The van der Waals surface area contributed by atoms with Gasteiger partial charge in [0.2, 0.25) is 0 Å². The predicted molar refractivity (Wildman–Crippen MR) is 69.3 cm³/mol. The average Bonchev–Trinajstić information content (AvgIpc) is 2.40. The Morgan fingerprint density at radius 2 is 2.11 bits per heavy atom. The van der Waals surface area contributed by atoms with E-state index in [-0.39, 0.29) is 17.0 Å². The van der Waals surface area contributed by atoms with Crippen LogP contribution in [0, 0.1) is 0 Å². The molecule has 6 nitrogen and oxygen atoms in total. The first-order chi connectivity index (χ1) is 9.08. The van der Waals surface area contributed by atoms with Gasteiger partial charge in [-0.25, -0.2) is 9.59 Å². The molecule has 0 bridgehead atoms. The number of aromatic hydroxyl groups is 1. The number of esters is 1. The highest BCUT2D eigenvalue weighted by molar-refractivity contribution is 5.92. The molecule has 0 aliphatic heterocycles. The number of nitrogens with one attached hydrogen (secondary N) is 1.